The molecule has 0 saturated carbocycles. The number of hydrogen-bond acceptors (Lipinski definition) is 1. The average Bonchev–Trinajstić information content (AvgIpc) is 2.09. The molecule has 3 heteroatoms. The number of carbonyl (C=O) groups is 1. The van der Waals surface area contributed by atoms with Crippen molar-refractivity contribution in [2.24, 2.45) is 0 Å². The number of nitrogens with one attached hydrogen (secondary N) is 1. The Morgan fingerprint density at radius 1 is 1.50 bits per heavy atom. The normalized spacial score (nSPS) is 9.08. The van der Waals surface area contributed by atoms with E-state index in [1.807, 2.05) is 24.3 Å². The van der Waals surface area contributed by atoms with Crippen molar-refractivity contribution in [2.45, 2.75) is 0 Å². The summed E-state index contributed by atoms with van der Waals surface area (Å²) in [7, 11) is 3.36. The first-order valence-corrected chi connectivity index (χ1v) is 3.98. The second-order valence-corrected chi connectivity index (χ2v) is 2.78. The molecule has 1 amide bonds. The van der Waals surface area contributed by atoms with Crippen LogP contribution in [0, 0.1) is 0 Å². The highest BCUT2D eigenvalue weighted by Gasteiger charge is 1.98. The van der Waals surface area contributed by atoms with Crippen molar-refractivity contribution >= 4 is 27.0 Å². The third-order valence-corrected chi connectivity index (χ3v) is 1.81. The van der Waals surface area contributed by atoms with E-state index in [2.05, 4.69) is 22.1 Å². The van der Waals surface area contributed by atoms with E-state index >= 15 is 0 Å². The Balaban J connectivity index is 2.82. The van der Waals surface area contributed by atoms with Crippen LogP contribution in [0.5, 0.6) is 0 Å². The molecule has 1 rings (SSSR count). The van der Waals surface area contributed by atoms with Crippen molar-refractivity contribution in [3.05, 3.63) is 36.9 Å². The Morgan fingerprint density at radius 2 is 2.17 bits per heavy atom. The zero-order valence-electron chi connectivity index (χ0n) is 6.50. The number of anilines is 1. The largest absolute Gasteiger partial charge is 0.323 e. The highest BCUT2D eigenvalue weighted by Crippen LogP contribution is 2.00. The van der Waals surface area contributed by atoms with Crippen LogP contribution in [0.15, 0.2) is 36.9 Å². The molecule has 0 unspecified atom stereocenters. The van der Waals surface area contributed by atoms with Gasteiger partial charge in [-0.15, -0.1) is 0 Å². The number of rotatable bonds is 2. The van der Waals surface area contributed by atoms with Crippen LogP contribution < -0.4 is 10.5 Å². The summed E-state index contributed by atoms with van der Waals surface area (Å²) >= 11 is 0. The molecule has 0 fully saturated rings. The van der Waals surface area contributed by atoms with Crippen LogP contribution in [-0.2, 0) is 4.79 Å². The Hall–Kier alpha value is -1.35. The smallest absolute Gasteiger partial charge is 0.247 e. The van der Waals surface area contributed by atoms with Crippen molar-refractivity contribution in [2.75, 3.05) is 5.32 Å². The minimum absolute atomic E-state index is 0.208. The summed E-state index contributed by atoms with van der Waals surface area (Å²) < 4.78 is 0. The van der Waals surface area contributed by atoms with Crippen LogP contribution in [0.3, 0.4) is 0 Å². The van der Waals surface area contributed by atoms with Crippen LogP contribution in [0.2, 0.25) is 0 Å². The average molecular weight is 174 g/mol. The first kappa shape index (κ1) is 8.74. The molecule has 3 radical (unpaired) electrons. The van der Waals surface area contributed by atoms with Gasteiger partial charge < -0.3 is 5.32 Å². The van der Waals surface area contributed by atoms with E-state index in [9.17, 15) is 4.79 Å². The number of carbonyl (C=O) groups excluding carboxylic acids is 1. The van der Waals surface area contributed by atoms with Gasteiger partial charge in [-0.2, -0.15) is 0 Å². The van der Waals surface area contributed by atoms with Gasteiger partial charge in [-0.3, -0.25) is 4.79 Å². The lowest BCUT2D eigenvalue weighted by atomic mass is 10.3. The lowest BCUT2D eigenvalue weighted by molar-refractivity contribution is -0.111. The lowest BCUT2D eigenvalue weighted by Crippen LogP contribution is -2.16. The number of benzene rings is 1. The molecule has 0 bridgehead atoms. The van der Waals surface area contributed by atoms with Gasteiger partial charge in [-0.25, -0.2) is 0 Å². The summed E-state index contributed by atoms with van der Waals surface area (Å²) in [5.41, 5.74) is 0.749. The molecule has 0 saturated heterocycles. The first-order chi connectivity index (χ1) is 5.74. The van der Waals surface area contributed by atoms with Gasteiger partial charge in [0.05, 0.1) is 10.2 Å². The van der Waals surface area contributed by atoms with Gasteiger partial charge in [0, 0.05) is 5.69 Å². The van der Waals surface area contributed by atoms with Crippen LogP contribution in [0.1, 0.15) is 0 Å². The molecule has 1 aromatic carbocycles. The number of para-hydroxylation sites is 1. The molecule has 1 N–H and O–H groups in total. The molecule has 1 aromatic rings. The molecule has 0 aliphatic carbocycles. The monoisotopic (exact) mass is 174 g/mol. The van der Waals surface area contributed by atoms with E-state index < -0.39 is 0 Å². The molecule has 2 nitrogen and oxygen atoms in total. The van der Waals surface area contributed by atoms with Gasteiger partial charge in [-0.1, -0.05) is 24.8 Å². The fraction of sp³-hybridized carbons (Fsp3) is 0. The molecular weight excluding hydrogens is 166 g/mol. The van der Waals surface area contributed by atoms with E-state index in [4.69, 9.17) is 0 Å². The van der Waals surface area contributed by atoms with E-state index in [0.29, 0.717) is 0 Å². The van der Waals surface area contributed by atoms with E-state index in [1.165, 1.54) is 6.08 Å². The molecule has 12 heavy (non-hydrogen) atoms. The van der Waals surface area contributed by atoms with Gasteiger partial charge in [0.25, 0.3) is 0 Å². The Bertz CT molecular complexity index is 309. The predicted molar refractivity (Wildman–Crippen MR) is 50.7 cm³/mol. The summed E-state index contributed by atoms with van der Waals surface area (Å²) in [6.45, 7) is 3.36. The fourth-order valence-corrected chi connectivity index (χ4v) is 1.02. The van der Waals surface area contributed by atoms with E-state index in [0.717, 1.165) is 10.9 Å². The molecule has 0 spiro atoms. The van der Waals surface area contributed by atoms with Crippen LogP contribution in [-0.4, -0.2) is 16.1 Å². The Morgan fingerprint density at radius 3 is 2.75 bits per heavy atom. The highest BCUT2D eigenvalue weighted by atomic mass is 28.1. The zero-order chi connectivity index (χ0) is 8.97. The van der Waals surface area contributed by atoms with Crippen molar-refractivity contribution in [1.82, 2.24) is 0 Å². The minimum atomic E-state index is -0.208. The fourth-order valence-electron chi connectivity index (χ4n) is 0.776. The van der Waals surface area contributed by atoms with Crippen molar-refractivity contribution in [3.8, 4) is 0 Å². The Labute approximate surface area is 74.7 Å². The van der Waals surface area contributed by atoms with Crippen molar-refractivity contribution < 1.29 is 4.79 Å². The summed E-state index contributed by atoms with van der Waals surface area (Å²) in [6.07, 6.45) is 1.23. The number of amides is 1. The maximum Gasteiger partial charge on any atom is 0.247 e. The SMILES string of the molecule is C=CC(=O)Nc1ccccc1[Si]. The zero-order valence-corrected chi connectivity index (χ0v) is 7.50. The topological polar surface area (TPSA) is 29.1 Å². The third kappa shape index (κ3) is 2.07. The summed E-state index contributed by atoms with van der Waals surface area (Å²) in [6, 6.07) is 7.40. The Kier molecular flexibility index (Phi) is 2.82. The van der Waals surface area contributed by atoms with E-state index in [1.54, 1.807) is 0 Å². The lowest BCUT2D eigenvalue weighted by Gasteiger charge is -2.04. The standard InChI is InChI=1S/C9H8NOSi/c1-2-9(11)10-7-5-3-4-6-8(7)12/h2-6H,1H2,(H,10,11). The second kappa shape index (κ2) is 3.87. The van der Waals surface area contributed by atoms with Crippen LogP contribution >= 0.6 is 0 Å². The minimum Gasteiger partial charge on any atom is -0.323 e. The van der Waals surface area contributed by atoms with Gasteiger partial charge in [0.1, 0.15) is 0 Å². The molecule has 0 aliphatic heterocycles. The molecule has 0 aliphatic rings. The highest BCUT2D eigenvalue weighted by molar-refractivity contribution is 6.36. The summed E-state index contributed by atoms with van der Waals surface area (Å²) in [5, 5.41) is 3.51. The second-order valence-electron chi connectivity index (χ2n) is 2.24. The quantitative estimate of drug-likeness (QED) is 0.516. The molecular formula is C9H8NOSi. The molecule has 0 aromatic heterocycles. The summed E-state index contributed by atoms with van der Waals surface area (Å²) in [4.78, 5) is 10.9. The number of hydrogen-bond donors (Lipinski definition) is 1. The third-order valence-electron chi connectivity index (χ3n) is 1.37. The van der Waals surface area contributed by atoms with Crippen molar-refractivity contribution in [1.29, 1.82) is 0 Å². The van der Waals surface area contributed by atoms with Gasteiger partial charge in [0.15, 0.2) is 0 Å². The first-order valence-electron chi connectivity index (χ1n) is 3.48. The molecule has 59 valence electrons. The van der Waals surface area contributed by atoms with Gasteiger partial charge in [-0.05, 0) is 17.3 Å². The van der Waals surface area contributed by atoms with E-state index in [-0.39, 0.29) is 5.91 Å². The maximum absolute atomic E-state index is 10.9. The predicted octanol–water partition coefficient (Wildman–Crippen LogP) is 0.605. The maximum atomic E-state index is 10.9. The van der Waals surface area contributed by atoms with Crippen molar-refractivity contribution in [3.63, 3.8) is 0 Å². The molecule has 0 atom stereocenters. The van der Waals surface area contributed by atoms with Crippen LogP contribution in [0.4, 0.5) is 5.69 Å². The molecule has 0 heterocycles. The van der Waals surface area contributed by atoms with Gasteiger partial charge >= 0.3 is 0 Å². The summed E-state index contributed by atoms with van der Waals surface area (Å²) in [5.74, 6) is -0.208. The van der Waals surface area contributed by atoms with Gasteiger partial charge in [0.2, 0.25) is 5.91 Å². The van der Waals surface area contributed by atoms with Crippen LogP contribution in [0.25, 0.3) is 0 Å².